The number of halogens is 3. The second-order valence-corrected chi connectivity index (χ2v) is 7.77. The summed E-state index contributed by atoms with van der Waals surface area (Å²) < 4.78 is 54.5. The summed E-state index contributed by atoms with van der Waals surface area (Å²) in [5.74, 6) is 0.0481. The van der Waals surface area contributed by atoms with E-state index in [0.29, 0.717) is 27.6 Å². The summed E-state index contributed by atoms with van der Waals surface area (Å²) in [6.07, 6.45) is 3.19. The van der Waals surface area contributed by atoms with E-state index >= 15 is 4.39 Å². The van der Waals surface area contributed by atoms with Crippen LogP contribution in [-0.4, -0.2) is 29.2 Å². The molecule has 0 saturated heterocycles. The van der Waals surface area contributed by atoms with Crippen molar-refractivity contribution in [1.82, 2.24) is 9.97 Å². The molecule has 0 amide bonds. The number of aryl methyl sites for hydroxylation is 1. The Morgan fingerprint density at radius 1 is 1.09 bits per heavy atom. The van der Waals surface area contributed by atoms with Crippen molar-refractivity contribution in [3.05, 3.63) is 54.1 Å². The van der Waals surface area contributed by atoms with E-state index < -0.39 is 18.4 Å². The Kier molecular flexibility index (Phi) is 5.61. The molecule has 1 fully saturated rings. The van der Waals surface area contributed by atoms with Crippen molar-refractivity contribution in [3.8, 4) is 23.0 Å². The van der Waals surface area contributed by atoms with E-state index in [0.717, 1.165) is 18.5 Å². The number of hydrogen-bond donors (Lipinski definition) is 2. The molecule has 4 aromatic rings. The third kappa shape index (κ3) is 4.41. The van der Waals surface area contributed by atoms with Crippen molar-refractivity contribution in [2.45, 2.75) is 25.3 Å². The van der Waals surface area contributed by atoms with E-state index in [2.05, 4.69) is 9.97 Å². The Balaban J connectivity index is 0.00000171. The maximum Gasteiger partial charge on any atom is 0.175 e. The number of nitrogens with two attached hydrogens (primary N) is 1. The smallest absolute Gasteiger partial charge is 0.175 e. The van der Waals surface area contributed by atoms with Gasteiger partial charge in [-0.1, -0.05) is 0 Å². The monoisotopic (exact) mass is 483 g/mol. The number of benzene rings is 2. The van der Waals surface area contributed by atoms with Crippen LogP contribution in [0.2, 0.25) is 0 Å². The highest BCUT2D eigenvalue weighted by Crippen LogP contribution is 2.40. The van der Waals surface area contributed by atoms with Gasteiger partial charge < -0.3 is 24.9 Å². The van der Waals surface area contributed by atoms with Crippen LogP contribution in [-0.2, 0) is 0 Å². The lowest BCUT2D eigenvalue weighted by Crippen LogP contribution is -2.29. The first-order valence-electron chi connectivity index (χ1n) is 11.1. The van der Waals surface area contributed by atoms with Crippen molar-refractivity contribution in [2.75, 3.05) is 13.6 Å². The van der Waals surface area contributed by atoms with Gasteiger partial charge in [-0.15, -0.1) is 24.8 Å². The minimum atomic E-state index is -2.70. The van der Waals surface area contributed by atoms with Crippen LogP contribution in [0, 0.1) is 12.7 Å². The summed E-state index contributed by atoms with van der Waals surface area (Å²) in [4.78, 5) is 7.42. The van der Waals surface area contributed by atoms with Crippen molar-refractivity contribution >= 4 is 46.6 Å². The van der Waals surface area contributed by atoms with Crippen molar-refractivity contribution in [1.29, 1.82) is 0 Å². The summed E-state index contributed by atoms with van der Waals surface area (Å²) >= 11 is 0. The van der Waals surface area contributed by atoms with Crippen LogP contribution in [0.4, 0.5) is 4.39 Å². The summed E-state index contributed by atoms with van der Waals surface area (Å²) in [6, 6.07) is 9.61. The molecule has 3 N–H and O–H groups in total. The first-order chi connectivity index (χ1) is 15.6. The summed E-state index contributed by atoms with van der Waals surface area (Å²) in [6.45, 7) is 2.07. The molecule has 6 nitrogen and oxygen atoms in total. The molecule has 1 saturated carbocycles. The molecule has 32 heavy (non-hydrogen) atoms. The number of aromatic amines is 1. The van der Waals surface area contributed by atoms with Crippen molar-refractivity contribution in [3.63, 3.8) is 0 Å². The molecule has 170 valence electrons. The van der Waals surface area contributed by atoms with Gasteiger partial charge in [-0.25, -0.2) is 4.39 Å². The molecular formula is C23H24Cl2FN3O3. The van der Waals surface area contributed by atoms with E-state index in [4.69, 9.17) is 24.1 Å². The van der Waals surface area contributed by atoms with Gasteiger partial charge >= 0.3 is 0 Å². The number of pyridine rings is 1. The number of nitrogens with zero attached hydrogens (tertiary/aromatic N) is 1. The van der Waals surface area contributed by atoms with Gasteiger partial charge in [0.15, 0.2) is 23.1 Å². The highest BCUT2D eigenvalue weighted by atomic mass is 35.5. The van der Waals surface area contributed by atoms with Gasteiger partial charge in [-0.3, -0.25) is 4.98 Å². The largest absolute Gasteiger partial charge is 0.493 e. The van der Waals surface area contributed by atoms with E-state index in [1.807, 2.05) is 6.92 Å². The Bertz CT molecular complexity index is 1380. The fourth-order valence-electron chi connectivity index (χ4n) is 3.42. The van der Waals surface area contributed by atoms with Gasteiger partial charge in [0, 0.05) is 34.2 Å². The van der Waals surface area contributed by atoms with Crippen LogP contribution in [0.3, 0.4) is 0 Å². The van der Waals surface area contributed by atoms with E-state index in [1.165, 1.54) is 18.3 Å². The second kappa shape index (κ2) is 9.02. The molecular weight excluding hydrogens is 457 g/mol. The lowest BCUT2D eigenvalue weighted by molar-refractivity contribution is 0.264. The average molecular weight is 484 g/mol. The van der Waals surface area contributed by atoms with Crippen molar-refractivity contribution in [2.24, 2.45) is 5.73 Å². The van der Waals surface area contributed by atoms with Gasteiger partial charge in [0.2, 0.25) is 0 Å². The Morgan fingerprint density at radius 3 is 2.66 bits per heavy atom. The maximum atomic E-state index is 15.1. The third-order valence-corrected chi connectivity index (χ3v) is 5.34. The van der Waals surface area contributed by atoms with Gasteiger partial charge in [-0.2, -0.15) is 0 Å². The number of fused-ring (bicyclic) bond motifs is 2. The Labute approximate surface area is 201 Å². The summed E-state index contributed by atoms with van der Waals surface area (Å²) in [5.41, 5.74) is 7.67. The molecule has 0 bridgehead atoms. The lowest BCUT2D eigenvalue weighted by atomic mass is 10.1. The van der Waals surface area contributed by atoms with Crippen LogP contribution in [0.15, 0.2) is 42.6 Å². The minimum Gasteiger partial charge on any atom is -0.493 e. The molecule has 0 unspecified atom stereocenters. The maximum absolute atomic E-state index is 15.1. The van der Waals surface area contributed by atoms with Crippen LogP contribution in [0.5, 0.6) is 23.0 Å². The molecule has 0 aliphatic heterocycles. The highest BCUT2D eigenvalue weighted by molar-refractivity contribution is 5.89. The predicted molar refractivity (Wildman–Crippen MR) is 128 cm³/mol. The SMILES string of the molecule is Cl.Cl.[2H][13C]([2H])([2H])Oc1cc2c(Oc3ccc4[nH]c(C)cc4c3F)ccnc2cc1OCC1(N)CC1. The normalized spacial score (nSPS) is 15.7. The third-order valence-electron chi connectivity index (χ3n) is 5.34. The fraction of sp³-hybridized carbons (Fsp3) is 0.261. The number of nitrogens with one attached hydrogen (secondary N) is 1. The minimum absolute atomic E-state index is 0. The molecule has 0 spiro atoms. The van der Waals surface area contributed by atoms with Crippen molar-refractivity contribution < 1.29 is 22.7 Å². The molecule has 5 rings (SSSR count). The van der Waals surface area contributed by atoms with E-state index in [1.54, 1.807) is 24.3 Å². The zero-order valence-electron chi connectivity index (χ0n) is 20.1. The number of rotatable bonds is 6. The molecule has 0 atom stereocenters. The zero-order valence-corrected chi connectivity index (χ0v) is 18.7. The summed E-state index contributed by atoms with van der Waals surface area (Å²) in [7, 11) is -2.70. The quantitative estimate of drug-likeness (QED) is 0.344. The van der Waals surface area contributed by atoms with Gasteiger partial charge in [0.1, 0.15) is 12.4 Å². The second-order valence-electron chi connectivity index (χ2n) is 7.77. The molecule has 1 aliphatic carbocycles. The highest BCUT2D eigenvalue weighted by Gasteiger charge is 2.39. The Hall–Kier alpha value is -2.74. The van der Waals surface area contributed by atoms with Crippen LogP contribution >= 0.6 is 24.8 Å². The molecule has 0 radical (unpaired) electrons. The first-order valence-corrected chi connectivity index (χ1v) is 9.59. The van der Waals surface area contributed by atoms with Gasteiger partial charge in [0.25, 0.3) is 0 Å². The Morgan fingerprint density at radius 2 is 1.91 bits per heavy atom. The fourth-order valence-corrected chi connectivity index (χ4v) is 3.42. The van der Waals surface area contributed by atoms with E-state index in [-0.39, 0.29) is 48.7 Å². The zero-order chi connectivity index (χ0) is 23.4. The first kappa shape index (κ1) is 19.9. The number of hydrogen-bond acceptors (Lipinski definition) is 5. The average Bonchev–Trinajstić information content (AvgIpc) is 3.35. The molecule has 2 aromatic heterocycles. The number of H-pyrrole nitrogens is 1. The summed E-state index contributed by atoms with van der Waals surface area (Å²) in [5, 5.41) is 0.865. The number of ether oxygens (including phenoxy) is 3. The predicted octanol–water partition coefficient (Wildman–Crippen LogP) is 5.68. The molecule has 2 aromatic carbocycles. The topological polar surface area (TPSA) is 82.4 Å². The van der Waals surface area contributed by atoms with Gasteiger partial charge in [0.05, 0.1) is 22.2 Å². The van der Waals surface area contributed by atoms with Gasteiger partial charge in [-0.05, 0) is 50.1 Å². The number of aromatic nitrogens is 2. The van der Waals surface area contributed by atoms with E-state index in [9.17, 15) is 0 Å². The molecule has 1 aliphatic rings. The van der Waals surface area contributed by atoms with Crippen LogP contribution < -0.4 is 19.9 Å². The molecule has 2 heterocycles. The van der Waals surface area contributed by atoms with Crippen LogP contribution in [0.25, 0.3) is 21.8 Å². The number of methoxy groups -OCH3 is 1. The lowest BCUT2D eigenvalue weighted by Gasteiger charge is -2.16. The molecule has 9 heteroatoms. The standard InChI is InChI=1S/C23H22FN3O3.2ClH/c1-13-9-15-16(27-13)3-4-19(22(15)24)30-18-5-8-26-17-11-21(20(28-2)10-14(17)18)29-12-23(25)6-7-23;;/h3-5,8-11,27H,6-7,12,25H2,1-2H3;2*1H/i2+1D3;;. The van der Waals surface area contributed by atoms with Crippen LogP contribution in [0.1, 0.15) is 22.6 Å².